The Morgan fingerprint density at radius 3 is 2.49 bits per heavy atom. The predicted octanol–water partition coefficient (Wildman–Crippen LogP) is 3.01. The van der Waals surface area contributed by atoms with Gasteiger partial charge < -0.3 is 15.4 Å². The van der Waals surface area contributed by atoms with Gasteiger partial charge in [-0.05, 0) is 42.7 Å². The maximum absolute atomic E-state index is 14.0. The van der Waals surface area contributed by atoms with Crippen molar-refractivity contribution in [3.63, 3.8) is 0 Å². The molecule has 1 fully saturated rings. The van der Waals surface area contributed by atoms with E-state index in [4.69, 9.17) is 10.5 Å². The molecule has 0 aromatic heterocycles. The van der Waals surface area contributed by atoms with Gasteiger partial charge in [0.25, 0.3) is 5.91 Å². The van der Waals surface area contributed by atoms with Crippen molar-refractivity contribution in [3.05, 3.63) is 66.0 Å². The maximum Gasteiger partial charge on any atom is 0.256 e. The van der Waals surface area contributed by atoms with E-state index in [1.165, 1.54) is 29.3 Å². The van der Waals surface area contributed by atoms with Crippen molar-refractivity contribution in [2.24, 2.45) is 27.6 Å². The van der Waals surface area contributed by atoms with Crippen LogP contribution in [0.4, 0.5) is 4.39 Å². The summed E-state index contributed by atoms with van der Waals surface area (Å²) in [6, 6.07) is 15.3. The highest BCUT2D eigenvalue weighted by molar-refractivity contribution is 6.13. The number of likely N-dealkylation sites (tertiary alicyclic amines) is 1. The molecule has 4 rings (SSSR count). The lowest BCUT2D eigenvalue weighted by Crippen LogP contribution is -2.58. The zero-order valence-electron chi connectivity index (χ0n) is 21.4. The number of benzene rings is 2. The van der Waals surface area contributed by atoms with Gasteiger partial charge in [-0.25, -0.2) is 9.40 Å². The van der Waals surface area contributed by atoms with Crippen LogP contribution in [0.15, 0.2) is 59.7 Å². The maximum atomic E-state index is 14.0. The molecule has 2 aromatic carbocycles. The van der Waals surface area contributed by atoms with E-state index in [0.717, 1.165) is 11.3 Å². The van der Waals surface area contributed by atoms with Gasteiger partial charge in [-0.1, -0.05) is 44.2 Å². The Labute approximate surface area is 216 Å². The van der Waals surface area contributed by atoms with Gasteiger partial charge in [0.05, 0.1) is 23.7 Å². The normalized spacial score (nSPS) is 20.3. The molecule has 0 spiro atoms. The van der Waals surface area contributed by atoms with Gasteiger partial charge >= 0.3 is 0 Å². The molecule has 2 aromatic rings. The Hall–Kier alpha value is -3.75. The molecule has 0 unspecified atom stereocenters. The number of hydrogen-bond donors (Lipinski definition) is 1. The standard InChI is InChI=1S/C28H33FN4O4/c1-27(2,25(30)35)22(14-16-37-21-11-9-20(29)10-12-21)24(34)33-15-13-23-28(18-33,26(36)32(3)31-23)17-19-7-5-4-6-8-19/h4-12,22H,13-18H2,1-3H3,(H2,30,35)/t22-,28+/m0/s1. The van der Waals surface area contributed by atoms with E-state index in [1.54, 1.807) is 25.8 Å². The lowest BCUT2D eigenvalue weighted by atomic mass is 9.71. The largest absolute Gasteiger partial charge is 0.494 e. The molecule has 0 bridgehead atoms. The summed E-state index contributed by atoms with van der Waals surface area (Å²) in [5.74, 6) is -1.67. The molecule has 2 aliphatic rings. The number of nitrogens with two attached hydrogens (primary N) is 1. The first-order valence-corrected chi connectivity index (χ1v) is 12.4. The first-order valence-electron chi connectivity index (χ1n) is 12.4. The number of amides is 3. The molecule has 2 N–H and O–H groups in total. The highest BCUT2D eigenvalue weighted by Gasteiger charge is 2.54. The van der Waals surface area contributed by atoms with Crippen LogP contribution in [-0.4, -0.2) is 60.1 Å². The second-order valence-electron chi connectivity index (χ2n) is 10.4. The minimum atomic E-state index is -1.15. The molecule has 0 saturated carbocycles. The molecule has 0 radical (unpaired) electrons. The predicted molar refractivity (Wildman–Crippen MR) is 137 cm³/mol. The summed E-state index contributed by atoms with van der Waals surface area (Å²) >= 11 is 0. The van der Waals surface area contributed by atoms with Crippen molar-refractivity contribution < 1.29 is 23.5 Å². The summed E-state index contributed by atoms with van der Waals surface area (Å²) in [5, 5.41) is 5.88. The number of halogens is 1. The molecule has 9 heteroatoms. The molecule has 1 saturated heterocycles. The van der Waals surface area contributed by atoms with Gasteiger partial charge in [-0.15, -0.1) is 0 Å². The molecular formula is C28H33FN4O4. The number of piperidine rings is 1. The lowest BCUT2D eigenvalue weighted by Gasteiger charge is -2.42. The number of ether oxygens (including phenoxy) is 1. The van der Waals surface area contributed by atoms with Crippen LogP contribution in [0.5, 0.6) is 5.75 Å². The summed E-state index contributed by atoms with van der Waals surface area (Å²) in [5.41, 5.74) is 5.38. The minimum Gasteiger partial charge on any atom is -0.494 e. The smallest absolute Gasteiger partial charge is 0.256 e. The fourth-order valence-electron chi connectivity index (χ4n) is 5.23. The minimum absolute atomic E-state index is 0.135. The third-order valence-corrected chi connectivity index (χ3v) is 7.56. The van der Waals surface area contributed by atoms with Gasteiger partial charge in [0.15, 0.2) is 0 Å². The molecule has 8 nitrogen and oxygen atoms in total. The molecule has 3 amide bonds. The number of hydrogen-bond acceptors (Lipinski definition) is 5. The average molecular weight is 509 g/mol. The number of rotatable bonds is 9. The number of carbonyl (C=O) groups excluding carboxylic acids is 3. The van der Waals surface area contributed by atoms with Crippen LogP contribution in [0.2, 0.25) is 0 Å². The van der Waals surface area contributed by atoms with E-state index in [2.05, 4.69) is 5.10 Å². The molecule has 2 atom stereocenters. The Bertz CT molecular complexity index is 1200. The van der Waals surface area contributed by atoms with Crippen LogP contribution in [0, 0.1) is 22.6 Å². The first kappa shape index (κ1) is 26.3. The molecule has 2 aliphatic heterocycles. The molecule has 196 valence electrons. The lowest BCUT2D eigenvalue weighted by molar-refractivity contribution is -0.149. The fourth-order valence-corrected chi connectivity index (χ4v) is 5.23. The fraction of sp³-hybridized carbons (Fsp3) is 0.429. The van der Waals surface area contributed by atoms with E-state index in [9.17, 15) is 18.8 Å². The summed E-state index contributed by atoms with van der Waals surface area (Å²) in [7, 11) is 1.64. The molecule has 37 heavy (non-hydrogen) atoms. The molecule has 0 aliphatic carbocycles. The van der Waals surface area contributed by atoms with Gasteiger partial charge in [0, 0.05) is 26.6 Å². The number of primary amides is 1. The highest BCUT2D eigenvalue weighted by Crippen LogP contribution is 2.40. The monoisotopic (exact) mass is 508 g/mol. The second-order valence-corrected chi connectivity index (χ2v) is 10.4. The van der Waals surface area contributed by atoms with Crippen molar-refractivity contribution in [1.82, 2.24) is 9.91 Å². The van der Waals surface area contributed by atoms with Crippen LogP contribution in [0.3, 0.4) is 0 Å². The van der Waals surface area contributed by atoms with E-state index in [-0.39, 0.29) is 37.2 Å². The van der Waals surface area contributed by atoms with Crippen LogP contribution in [-0.2, 0) is 20.8 Å². The van der Waals surface area contributed by atoms with Crippen molar-refractivity contribution in [2.75, 3.05) is 26.7 Å². The van der Waals surface area contributed by atoms with Gasteiger partial charge in [-0.2, -0.15) is 5.10 Å². The van der Waals surface area contributed by atoms with Crippen molar-refractivity contribution >= 4 is 23.4 Å². The quantitative estimate of drug-likeness (QED) is 0.562. The van der Waals surface area contributed by atoms with E-state index < -0.39 is 22.7 Å². The van der Waals surface area contributed by atoms with Crippen LogP contribution >= 0.6 is 0 Å². The zero-order chi connectivity index (χ0) is 26.8. The average Bonchev–Trinajstić information content (AvgIpc) is 3.12. The van der Waals surface area contributed by atoms with Gasteiger partial charge in [-0.3, -0.25) is 14.4 Å². The second kappa shape index (κ2) is 10.3. The van der Waals surface area contributed by atoms with Crippen LogP contribution < -0.4 is 10.5 Å². The summed E-state index contributed by atoms with van der Waals surface area (Å²) in [4.78, 5) is 41.4. The van der Waals surface area contributed by atoms with E-state index >= 15 is 0 Å². The molecule has 2 heterocycles. The Kier molecular flexibility index (Phi) is 7.34. The Balaban J connectivity index is 1.57. The number of hydrazone groups is 1. The van der Waals surface area contributed by atoms with Crippen LogP contribution in [0.25, 0.3) is 0 Å². The Morgan fingerprint density at radius 1 is 1.16 bits per heavy atom. The van der Waals surface area contributed by atoms with E-state index in [0.29, 0.717) is 25.1 Å². The number of carbonyl (C=O) groups is 3. The van der Waals surface area contributed by atoms with Crippen molar-refractivity contribution in [1.29, 1.82) is 0 Å². The van der Waals surface area contributed by atoms with E-state index in [1.807, 2.05) is 30.3 Å². The number of fused-ring (bicyclic) bond motifs is 1. The Morgan fingerprint density at radius 2 is 1.84 bits per heavy atom. The SMILES string of the molecule is CN1N=C2CCN(C(=O)[C@H](CCOc3ccc(F)cc3)C(C)(C)C(N)=O)C[C@@]2(Cc2ccccc2)C1=O. The summed E-state index contributed by atoms with van der Waals surface area (Å²) < 4.78 is 18.9. The first-order chi connectivity index (χ1) is 17.5. The van der Waals surface area contributed by atoms with Gasteiger partial charge in [0.2, 0.25) is 11.8 Å². The van der Waals surface area contributed by atoms with Crippen molar-refractivity contribution in [2.45, 2.75) is 33.1 Å². The third-order valence-electron chi connectivity index (χ3n) is 7.56. The van der Waals surface area contributed by atoms with Gasteiger partial charge in [0.1, 0.15) is 17.0 Å². The highest BCUT2D eigenvalue weighted by atomic mass is 19.1. The summed E-state index contributed by atoms with van der Waals surface area (Å²) in [6.07, 6.45) is 1.12. The van der Waals surface area contributed by atoms with Crippen molar-refractivity contribution in [3.8, 4) is 5.75 Å². The number of nitrogens with zero attached hydrogens (tertiary/aromatic N) is 3. The summed E-state index contributed by atoms with van der Waals surface area (Å²) in [6.45, 7) is 4.00. The van der Waals surface area contributed by atoms with Crippen LogP contribution in [0.1, 0.15) is 32.3 Å². The third kappa shape index (κ3) is 5.21. The topological polar surface area (TPSA) is 105 Å². The molecular weight excluding hydrogens is 475 g/mol. The zero-order valence-corrected chi connectivity index (χ0v) is 21.4.